The highest BCUT2D eigenvalue weighted by molar-refractivity contribution is 7.89. The fourth-order valence-electron chi connectivity index (χ4n) is 2.18. The van der Waals surface area contributed by atoms with Gasteiger partial charge in [-0.15, -0.1) is 0 Å². The molecule has 7 heteroatoms. The second-order valence-electron chi connectivity index (χ2n) is 4.95. The van der Waals surface area contributed by atoms with Gasteiger partial charge in [-0.3, -0.25) is 0 Å². The first-order valence-electron chi connectivity index (χ1n) is 6.94. The average Bonchev–Trinajstić information content (AvgIpc) is 2.48. The zero-order valence-corrected chi connectivity index (χ0v) is 12.9. The molecule has 0 aromatic heterocycles. The van der Waals surface area contributed by atoms with Crippen LogP contribution in [0.5, 0.6) is 5.75 Å². The molecule has 1 heterocycles. The summed E-state index contributed by atoms with van der Waals surface area (Å²) in [5.41, 5.74) is 0. The van der Waals surface area contributed by atoms with Gasteiger partial charge < -0.3 is 14.6 Å². The predicted octanol–water partition coefficient (Wildman–Crippen LogP) is 0.857. The molecule has 2 rings (SSSR count). The molecular formula is C14H21NO5S. The van der Waals surface area contributed by atoms with Gasteiger partial charge in [-0.25, -0.2) is 8.42 Å². The number of piperidine rings is 1. The molecule has 1 fully saturated rings. The van der Waals surface area contributed by atoms with E-state index in [1.165, 1.54) is 4.31 Å². The Morgan fingerprint density at radius 2 is 1.81 bits per heavy atom. The van der Waals surface area contributed by atoms with Crippen LogP contribution < -0.4 is 4.74 Å². The SMILES string of the molecule is COCCOc1ccc(S(=O)(=O)N2CCC(O)CC2)cc1. The standard InChI is InChI=1S/C14H21NO5S/c1-19-10-11-20-13-2-4-14(5-3-13)21(17,18)15-8-6-12(16)7-9-15/h2-5,12,16H,6-11H2,1H3. The highest BCUT2D eigenvalue weighted by atomic mass is 32.2. The Bertz CT molecular complexity index is 535. The number of methoxy groups -OCH3 is 1. The number of sulfonamides is 1. The first-order chi connectivity index (χ1) is 10.0. The molecular weight excluding hydrogens is 294 g/mol. The third-order valence-electron chi connectivity index (χ3n) is 3.44. The fourth-order valence-corrected chi connectivity index (χ4v) is 3.65. The number of ether oxygens (including phenoxy) is 2. The largest absolute Gasteiger partial charge is 0.491 e. The van der Waals surface area contributed by atoms with Crippen LogP contribution in [0.2, 0.25) is 0 Å². The van der Waals surface area contributed by atoms with E-state index >= 15 is 0 Å². The van der Waals surface area contributed by atoms with E-state index in [9.17, 15) is 13.5 Å². The van der Waals surface area contributed by atoms with Crippen molar-refractivity contribution in [2.75, 3.05) is 33.4 Å². The van der Waals surface area contributed by atoms with E-state index < -0.39 is 16.1 Å². The summed E-state index contributed by atoms with van der Waals surface area (Å²) in [7, 11) is -1.89. The fraction of sp³-hybridized carbons (Fsp3) is 0.571. The summed E-state index contributed by atoms with van der Waals surface area (Å²) in [6.07, 6.45) is 0.572. The smallest absolute Gasteiger partial charge is 0.243 e. The maximum absolute atomic E-state index is 12.4. The van der Waals surface area contributed by atoms with Crippen molar-refractivity contribution in [3.05, 3.63) is 24.3 Å². The number of rotatable bonds is 6. The number of nitrogens with zero attached hydrogens (tertiary/aromatic N) is 1. The van der Waals surface area contributed by atoms with Crippen molar-refractivity contribution in [2.24, 2.45) is 0 Å². The van der Waals surface area contributed by atoms with Gasteiger partial charge in [0.25, 0.3) is 0 Å². The number of hydrogen-bond acceptors (Lipinski definition) is 5. The highest BCUT2D eigenvalue weighted by Crippen LogP contribution is 2.22. The minimum atomic E-state index is -3.49. The Hall–Kier alpha value is -1.15. The molecule has 0 bridgehead atoms. The maximum atomic E-state index is 12.4. The predicted molar refractivity (Wildman–Crippen MR) is 77.8 cm³/mol. The average molecular weight is 315 g/mol. The third-order valence-corrected chi connectivity index (χ3v) is 5.35. The van der Waals surface area contributed by atoms with Crippen LogP contribution in [0.15, 0.2) is 29.2 Å². The molecule has 0 amide bonds. The van der Waals surface area contributed by atoms with Gasteiger partial charge in [-0.05, 0) is 37.1 Å². The van der Waals surface area contributed by atoms with Crippen molar-refractivity contribution in [2.45, 2.75) is 23.8 Å². The molecule has 0 spiro atoms. The molecule has 1 saturated heterocycles. The van der Waals surface area contributed by atoms with Crippen LogP contribution in [0.1, 0.15) is 12.8 Å². The summed E-state index contributed by atoms with van der Waals surface area (Å²) < 4.78 is 36.6. The first-order valence-corrected chi connectivity index (χ1v) is 8.38. The highest BCUT2D eigenvalue weighted by Gasteiger charge is 2.28. The molecule has 0 aliphatic carbocycles. The normalized spacial score (nSPS) is 17.8. The molecule has 0 radical (unpaired) electrons. The van der Waals surface area contributed by atoms with Crippen molar-refractivity contribution >= 4 is 10.0 Å². The number of benzene rings is 1. The van der Waals surface area contributed by atoms with Gasteiger partial charge in [-0.2, -0.15) is 4.31 Å². The Labute approximate surface area is 125 Å². The van der Waals surface area contributed by atoms with E-state index in [0.717, 1.165) is 0 Å². The Morgan fingerprint density at radius 3 is 2.38 bits per heavy atom. The monoisotopic (exact) mass is 315 g/mol. The lowest BCUT2D eigenvalue weighted by atomic mass is 10.1. The summed E-state index contributed by atoms with van der Waals surface area (Å²) >= 11 is 0. The second kappa shape index (κ2) is 7.22. The Kier molecular flexibility index (Phi) is 5.58. The zero-order valence-electron chi connectivity index (χ0n) is 12.1. The number of aliphatic hydroxyl groups excluding tert-OH is 1. The van der Waals surface area contributed by atoms with Crippen LogP contribution in [0, 0.1) is 0 Å². The lowest BCUT2D eigenvalue weighted by molar-refractivity contribution is 0.113. The zero-order chi connectivity index (χ0) is 15.3. The molecule has 1 aromatic carbocycles. The van der Waals surface area contributed by atoms with Gasteiger partial charge in [0.2, 0.25) is 10.0 Å². The van der Waals surface area contributed by atoms with Crippen LogP contribution in [0.3, 0.4) is 0 Å². The lowest BCUT2D eigenvalue weighted by Gasteiger charge is -2.28. The van der Waals surface area contributed by atoms with Gasteiger partial charge in [0, 0.05) is 20.2 Å². The van der Waals surface area contributed by atoms with Gasteiger partial charge in [0.15, 0.2) is 0 Å². The van der Waals surface area contributed by atoms with E-state index in [-0.39, 0.29) is 4.90 Å². The van der Waals surface area contributed by atoms with E-state index in [4.69, 9.17) is 9.47 Å². The van der Waals surface area contributed by atoms with Crippen molar-refractivity contribution in [3.8, 4) is 5.75 Å². The van der Waals surface area contributed by atoms with Crippen LogP contribution in [-0.4, -0.2) is 57.3 Å². The van der Waals surface area contributed by atoms with Crippen LogP contribution >= 0.6 is 0 Å². The van der Waals surface area contributed by atoms with Crippen molar-refractivity contribution in [1.29, 1.82) is 0 Å². The Morgan fingerprint density at radius 1 is 1.19 bits per heavy atom. The van der Waals surface area contributed by atoms with E-state index in [0.29, 0.717) is 44.9 Å². The van der Waals surface area contributed by atoms with Gasteiger partial charge in [0.1, 0.15) is 12.4 Å². The first kappa shape index (κ1) is 16.2. The van der Waals surface area contributed by atoms with Crippen molar-refractivity contribution in [1.82, 2.24) is 4.31 Å². The molecule has 1 aliphatic heterocycles. The molecule has 0 unspecified atom stereocenters. The summed E-state index contributed by atoms with van der Waals surface area (Å²) in [5.74, 6) is 0.611. The summed E-state index contributed by atoms with van der Waals surface area (Å²) in [4.78, 5) is 0.248. The van der Waals surface area contributed by atoms with Crippen molar-refractivity contribution in [3.63, 3.8) is 0 Å². The summed E-state index contributed by atoms with van der Waals surface area (Å²) in [6, 6.07) is 6.37. The minimum Gasteiger partial charge on any atom is -0.491 e. The minimum absolute atomic E-state index is 0.248. The third kappa shape index (κ3) is 4.16. The molecule has 0 saturated carbocycles. The van der Waals surface area contributed by atoms with Crippen LogP contribution in [0.25, 0.3) is 0 Å². The lowest BCUT2D eigenvalue weighted by Crippen LogP contribution is -2.39. The Balaban J connectivity index is 2.03. The molecule has 6 nitrogen and oxygen atoms in total. The molecule has 1 aliphatic rings. The topological polar surface area (TPSA) is 76.1 Å². The molecule has 0 atom stereocenters. The summed E-state index contributed by atoms with van der Waals surface area (Å²) in [6.45, 7) is 1.62. The number of aliphatic hydroxyl groups is 1. The molecule has 1 aromatic rings. The van der Waals surface area contributed by atoms with E-state index in [1.807, 2.05) is 0 Å². The van der Waals surface area contributed by atoms with Crippen molar-refractivity contribution < 1.29 is 23.0 Å². The number of hydrogen-bond donors (Lipinski definition) is 1. The van der Waals surface area contributed by atoms with Gasteiger partial charge in [0.05, 0.1) is 17.6 Å². The van der Waals surface area contributed by atoms with Gasteiger partial charge in [-0.1, -0.05) is 0 Å². The summed E-state index contributed by atoms with van der Waals surface area (Å²) in [5, 5.41) is 9.45. The maximum Gasteiger partial charge on any atom is 0.243 e. The molecule has 1 N–H and O–H groups in total. The van der Waals surface area contributed by atoms with Crippen LogP contribution in [-0.2, 0) is 14.8 Å². The molecule has 118 valence electrons. The second-order valence-corrected chi connectivity index (χ2v) is 6.89. The van der Waals surface area contributed by atoms with E-state index in [1.54, 1.807) is 31.4 Å². The van der Waals surface area contributed by atoms with Crippen LogP contribution in [0.4, 0.5) is 0 Å². The van der Waals surface area contributed by atoms with Gasteiger partial charge >= 0.3 is 0 Å². The quantitative estimate of drug-likeness (QED) is 0.788. The van der Waals surface area contributed by atoms with E-state index in [2.05, 4.69) is 0 Å². The molecule has 21 heavy (non-hydrogen) atoms.